The summed E-state index contributed by atoms with van der Waals surface area (Å²) < 4.78 is 31.2. The molecule has 0 aliphatic rings. The highest BCUT2D eigenvalue weighted by molar-refractivity contribution is 9.10. The summed E-state index contributed by atoms with van der Waals surface area (Å²) in [6.45, 7) is 0.422. The average molecular weight is 343 g/mol. The van der Waals surface area contributed by atoms with Gasteiger partial charge in [0.2, 0.25) is 10.0 Å². The van der Waals surface area contributed by atoms with Gasteiger partial charge in [-0.3, -0.25) is 4.72 Å². The lowest BCUT2D eigenvalue weighted by molar-refractivity contribution is 0.199. The second-order valence-electron chi connectivity index (χ2n) is 3.40. The zero-order valence-electron chi connectivity index (χ0n) is 9.24. The summed E-state index contributed by atoms with van der Waals surface area (Å²) in [7, 11) is -1.79. The van der Waals surface area contributed by atoms with Gasteiger partial charge < -0.3 is 4.74 Å². The molecule has 0 saturated heterocycles. The van der Waals surface area contributed by atoms with Crippen molar-refractivity contribution < 1.29 is 13.2 Å². The van der Waals surface area contributed by atoms with Gasteiger partial charge in [-0.25, -0.2) is 8.42 Å². The Morgan fingerprint density at radius 1 is 1.47 bits per heavy atom. The standard InChI is InChI=1S/C10H13BrClNO3S/c1-16-5-2-6-17(14,15)13-8-3-4-10(12)9(11)7-8/h3-4,7,13H,2,5-6H2,1H3. The van der Waals surface area contributed by atoms with Crippen LogP contribution in [0.1, 0.15) is 6.42 Å². The van der Waals surface area contributed by atoms with Crippen LogP contribution in [0.3, 0.4) is 0 Å². The first-order chi connectivity index (χ1) is 7.94. The van der Waals surface area contributed by atoms with E-state index in [1.54, 1.807) is 18.2 Å². The van der Waals surface area contributed by atoms with Crippen molar-refractivity contribution in [1.29, 1.82) is 0 Å². The Bertz CT molecular complexity index is 478. The third kappa shape index (κ3) is 5.25. The largest absolute Gasteiger partial charge is 0.385 e. The van der Waals surface area contributed by atoms with Crippen LogP contribution in [0.5, 0.6) is 0 Å². The Hall–Kier alpha value is -0.300. The van der Waals surface area contributed by atoms with Crippen LogP contribution < -0.4 is 4.72 Å². The second-order valence-corrected chi connectivity index (χ2v) is 6.50. The molecule has 0 bridgehead atoms. The quantitative estimate of drug-likeness (QED) is 0.809. The van der Waals surface area contributed by atoms with E-state index in [-0.39, 0.29) is 5.75 Å². The van der Waals surface area contributed by atoms with E-state index < -0.39 is 10.0 Å². The van der Waals surface area contributed by atoms with Crippen molar-refractivity contribution in [3.05, 3.63) is 27.7 Å². The van der Waals surface area contributed by atoms with Crippen LogP contribution in [0, 0.1) is 0 Å². The Kier molecular flexibility index (Phi) is 5.72. The number of sulfonamides is 1. The fraction of sp³-hybridized carbons (Fsp3) is 0.400. The molecular weight excluding hydrogens is 330 g/mol. The minimum atomic E-state index is -3.33. The molecule has 0 heterocycles. The first-order valence-electron chi connectivity index (χ1n) is 4.89. The Morgan fingerprint density at radius 2 is 2.18 bits per heavy atom. The first-order valence-corrected chi connectivity index (χ1v) is 7.71. The van der Waals surface area contributed by atoms with Gasteiger partial charge in [0.15, 0.2) is 0 Å². The number of ether oxygens (including phenoxy) is 1. The van der Waals surface area contributed by atoms with E-state index in [0.29, 0.717) is 28.2 Å². The number of halogens is 2. The molecule has 0 saturated carbocycles. The lowest BCUT2D eigenvalue weighted by Gasteiger charge is -2.08. The number of hydrogen-bond acceptors (Lipinski definition) is 3. The fourth-order valence-electron chi connectivity index (χ4n) is 1.18. The summed E-state index contributed by atoms with van der Waals surface area (Å²) in [6.07, 6.45) is 0.459. The highest BCUT2D eigenvalue weighted by Gasteiger charge is 2.10. The second kappa shape index (κ2) is 6.58. The van der Waals surface area contributed by atoms with E-state index in [0.717, 1.165) is 0 Å². The van der Waals surface area contributed by atoms with Crippen LogP contribution in [0.25, 0.3) is 0 Å². The van der Waals surface area contributed by atoms with Gasteiger partial charge in [0.25, 0.3) is 0 Å². The van der Waals surface area contributed by atoms with Gasteiger partial charge in [-0.15, -0.1) is 0 Å². The van der Waals surface area contributed by atoms with Crippen LogP contribution in [0.4, 0.5) is 5.69 Å². The Morgan fingerprint density at radius 3 is 2.76 bits per heavy atom. The molecule has 0 spiro atoms. The zero-order chi connectivity index (χ0) is 12.9. The topological polar surface area (TPSA) is 55.4 Å². The van der Waals surface area contributed by atoms with Gasteiger partial charge in [-0.05, 0) is 40.5 Å². The van der Waals surface area contributed by atoms with Gasteiger partial charge in [-0.1, -0.05) is 11.6 Å². The number of nitrogens with one attached hydrogen (secondary N) is 1. The van der Waals surface area contributed by atoms with Crippen molar-refractivity contribution in [2.75, 3.05) is 24.2 Å². The predicted molar refractivity (Wildman–Crippen MR) is 73.1 cm³/mol. The van der Waals surface area contributed by atoms with E-state index >= 15 is 0 Å². The maximum atomic E-state index is 11.7. The molecule has 0 amide bonds. The van der Waals surface area contributed by atoms with Crippen molar-refractivity contribution in [2.45, 2.75) is 6.42 Å². The summed E-state index contributed by atoms with van der Waals surface area (Å²) in [5.74, 6) is 0.0289. The summed E-state index contributed by atoms with van der Waals surface area (Å²) in [5, 5.41) is 0.535. The normalized spacial score (nSPS) is 11.5. The predicted octanol–water partition coefficient (Wildman–Crippen LogP) is 2.88. The molecule has 7 heteroatoms. The smallest absolute Gasteiger partial charge is 0.232 e. The number of rotatable bonds is 6. The van der Waals surface area contributed by atoms with Crippen molar-refractivity contribution in [1.82, 2.24) is 0 Å². The van der Waals surface area contributed by atoms with Crippen molar-refractivity contribution >= 4 is 43.2 Å². The number of hydrogen-bond donors (Lipinski definition) is 1. The molecule has 0 aliphatic heterocycles. The third-order valence-corrected chi connectivity index (χ3v) is 4.54. The molecule has 4 nitrogen and oxygen atoms in total. The molecule has 1 N–H and O–H groups in total. The third-order valence-electron chi connectivity index (χ3n) is 1.95. The number of benzene rings is 1. The van der Waals surface area contributed by atoms with Gasteiger partial charge in [-0.2, -0.15) is 0 Å². The Balaban J connectivity index is 2.66. The average Bonchev–Trinajstić information content (AvgIpc) is 2.23. The van der Waals surface area contributed by atoms with E-state index in [9.17, 15) is 8.42 Å². The summed E-state index contributed by atoms with van der Waals surface area (Å²) in [4.78, 5) is 0. The van der Waals surface area contributed by atoms with Crippen LogP contribution in [-0.4, -0.2) is 27.9 Å². The molecule has 1 rings (SSSR count). The maximum Gasteiger partial charge on any atom is 0.232 e. The molecule has 0 unspecified atom stereocenters. The SMILES string of the molecule is COCCCS(=O)(=O)Nc1ccc(Cl)c(Br)c1. The van der Waals surface area contributed by atoms with Crippen molar-refractivity contribution in [3.8, 4) is 0 Å². The molecule has 1 aromatic rings. The molecular formula is C10H13BrClNO3S. The lowest BCUT2D eigenvalue weighted by Crippen LogP contribution is -2.17. The van der Waals surface area contributed by atoms with Crippen LogP contribution in [0.2, 0.25) is 5.02 Å². The molecule has 0 atom stereocenters. The Labute approximate surface area is 114 Å². The van der Waals surface area contributed by atoms with Gasteiger partial charge in [0.05, 0.1) is 10.8 Å². The summed E-state index contributed by atoms with van der Waals surface area (Å²) in [5.41, 5.74) is 0.485. The lowest BCUT2D eigenvalue weighted by atomic mass is 10.3. The highest BCUT2D eigenvalue weighted by Crippen LogP contribution is 2.26. The number of methoxy groups -OCH3 is 1. The summed E-state index contributed by atoms with van der Waals surface area (Å²) >= 11 is 9.04. The van der Waals surface area contributed by atoms with E-state index in [1.807, 2.05) is 0 Å². The molecule has 17 heavy (non-hydrogen) atoms. The molecule has 0 fully saturated rings. The molecule has 0 aromatic heterocycles. The molecule has 0 radical (unpaired) electrons. The van der Waals surface area contributed by atoms with Gasteiger partial charge >= 0.3 is 0 Å². The monoisotopic (exact) mass is 341 g/mol. The van der Waals surface area contributed by atoms with Crippen LogP contribution in [-0.2, 0) is 14.8 Å². The minimum absolute atomic E-state index is 0.0289. The fourth-order valence-corrected chi connectivity index (χ4v) is 2.77. The molecule has 96 valence electrons. The minimum Gasteiger partial charge on any atom is -0.385 e. The highest BCUT2D eigenvalue weighted by atomic mass is 79.9. The maximum absolute atomic E-state index is 11.7. The zero-order valence-corrected chi connectivity index (χ0v) is 12.4. The molecule has 0 aliphatic carbocycles. The van der Waals surface area contributed by atoms with E-state index in [2.05, 4.69) is 20.7 Å². The van der Waals surface area contributed by atoms with Crippen LogP contribution >= 0.6 is 27.5 Å². The van der Waals surface area contributed by atoms with Crippen molar-refractivity contribution in [2.24, 2.45) is 0 Å². The first kappa shape index (κ1) is 14.8. The van der Waals surface area contributed by atoms with Crippen LogP contribution in [0.15, 0.2) is 22.7 Å². The van der Waals surface area contributed by atoms with Gasteiger partial charge in [0, 0.05) is 23.9 Å². The van der Waals surface area contributed by atoms with E-state index in [1.165, 1.54) is 7.11 Å². The van der Waals surface area contributed by atoms with Crippen molar-refractivity contribution in [3.63, 3.8) is 0 Å². The van der Waals surface area contributed by atoms with E-state index in [4.69, 9.17) is 16.3 Å². The van der Waals surface area contributed by atoms with Gasteiger partial charge in [0.1, 0.15) is 0 Å². The molecule has 1 aromatic carbocycles. The summed E-state index contributed by atoms with van der Waals surface area (Å²) in [6, 6.07) is 4.86. The number of anilines is 1.